The highest BCUT2D eigenvalue weighted by molar-refractivity contribution is 7.85. The lowest BCUT2D eigenvalue weighted by atomic mass is 10.1. The summed E-state index contributed by atoms with van der Waals surface area (Å²) < 4.78 is 25.8. The van der Waals surface area contributed by atoms with Gasteiger partial charge in [-0.15, -0.1) is 6.42 Å². The van der Waals surface area contributed by atoms with Crippen LogP contribution < -0.4 is 0 Å². The molecule has 0 unspecified atom stereocenters. The lowest BCUT2D eigenvalue weighted by Crippen LogP contribution is -2.02. The molecule has 0 spiro atoms. The van der Waals surface area contributed by atoms with Crippen molar-refractivity contribution in [3.05, 3.63) is 35.4 Å². The molecule has 1 rings (SSSR count). The van der Waals surface area contributed by atoms with Crippen LogP contribution in [0.15, 0.2) is 24.3 Å². The smallest absolute Gasteiger partial charge is 0.257 e. The van der Waals surface area contributed by atoms with E-state index in [0.29, 0.717) is 11.1 Å². The summed E-state index contributed by atoms with van der Waals surface area (Å²) in [5.41, 5.74) is 1.36. The van der Waals surface area contributed by atoms with Crippen LogP contribution in [0, 0.1) is 24.2 Å². The Hall–Kier alpha value is -1.75. The zero-order chi connectivity index (χ0) is 12.0. The van der Waals surface area contributed by atoms with E-state index in [2.05, 4.69) is 21.9 Å². The molecule has 0 heterocycles. The van der Waals surface area contributed by atoms with E-state index in [4.69, 9.17) is 6.42 Å². The van der Waals surface area contributed by atoms with Crippen molar-refractivity contribution in [2.24, 2.45) is 0 Å². The third kappa shape index (κ3) is 4.18. The molecule has 82 valence electrons. The minimum atomic E-state index is -3.44. The molecule has 0 saturated carbocycles. The van der Waals surface area contributed by atoms with Gasteiger partial charge in [0.05, 0.1) is 6.26 Å². The molecule has 0 saturated heterocycles. The van der Waals surface area contributed by atoms with Gasteiger partial charge in [-0.2, -0.15) is 8.42 Å². The molecule has 16 heavy (non-hydrogen) atoms. The molecule has 0 atom stereocenters. The zero-order valence-electron chi connectivity index (χ0n) is 8.73. The van der Waals surface area contributed by atoms with Crippen LogP contribution in [0.3, 0.4) is 0 Å². The summed E-state index contributed by atoms with van der Waals surface area (Å²) in [6.45, 7) is -0.169. The van der Waals surface area contributed by atoms with Gasteiger partial charge in [-0.1, -0.05) is 29.9 Å². The van der Waals surface area contributed by atoms with Crippen molar-refractivity contribution in [3.8, 4) is 24.2 Å². The van der Waals surface area contributed by atoms with Gasteiger partial charge in [0.25, 0.3) is 10.1 Å². The minimum absolute atomic E-state index is 0.169. The largest absolute Gasteiger partial charge is 0.265 e. The zero-order valence-corrected chi connectivity index (χ0v) is 9.54. The van der Waals surface area contributed by atoms with Gasteiger partial charge in [0.1, 0.15) is 6.61 Å². The highest BCUT2D eigenvalue weighted by atomic mass is 32.2. The van der Waals surface area contributed by atoms with E-state index >= 15 is 0 Å². The van der Waals surface area contributed by atoms with E-state index in [1.165, 1.54) is 0 Å². The van der Waals surface area contributed by atoms with Gasteiger partial charge in [0.2, 0.25) is 0 Å². The van der Waals surface area contributed by atoms with Gasteiger partial charge in [0, 0.05) is 11.1 Å². The van der Waals surface area contributed by atoms with Crippen LogP contribution in [0.25, 0.3) is 0 Å². The number of rotatable bonds is 2. The van der Waals surface area contributed by atoms with Crippen LogP contribution in [0.1, 0.15) is 11.1 Å². The summed E-state index contributed by atoms with van der Waals surface area (Å²) in [5.74, 6) is 7.83. The van der Waals surface area contributed by atoms with Crippen molar-refractivity contribution >= 4 is 10.1 Å². The first-order valence-electron chi connectivity index (χ1n) is 4.42. The third-order valence-electron chi connectivity index (χ3n) is 1.65. The molecule has 0 aliphatic carbocycles. The standard InChI is InChI=1S/C12H10O3S/c1-3-11-7-4-5-8-12(11)9-6-10-15-16(2,13)14/h1,4-5,7-8H,10H2,2H3. The summed E-state index contributed by atoms with van der Waals surface area (Å²) in [6, 6.07) is 7.15. The Morgan fingerprint density at radius 1 is 1.31 bits per heavy atom. The molecule has 0 radical (unpaired) electrons. The van der Waals surface area contributed by atoms with Crippen molar-refractivity contribution in [1.82, 2.24) is 0 Å². The average molecular weight is 234 g/mol. The third-order valence-corrected chi connectivity index (χ3v) is 2.20. The Bertz CT molecular complexity index is 568. The van der Waals surface area contributed by atoms with Crippen molar-refractivity contribution in [2.45, 2.75) is 0 Å². The van der Waals surface area contributed by atoms with Crippen LogP contribution in [0.4, 0.5) is 0 Å². The van der Waals surface area contributed by atoms with Gasteiger partial charge in [-0.05, 0) is 12.1 Å². The Morgan fingerprint density at radius 3 is 2.50 bits per heavy atom. The Labute approximate surface area is 95.6 Å². The molecule has 0 amide bonds. The molecule has 0 aromatic heterocycles. The number of terminal acetylenes is 1. The predicted molar refractivity (Wildman–Crippen MR) is 62.1 cm³/mol. The molecule has 0 aliphatic heterocycles. The molecule has 0 N–H and O–H groups in total. The first-order chi connectivity index (χ1) is 7.53. The SMILES string of the molecule is C#Cc1ccccc1C#CCOS(C)(=O)=O. The normalized spacial score (nSPS) is 10.0. The summed E-state index contributed by atoms with van der Waals surface area (Å²) >= 11 is 0. The molecule has 1 aromatic rings. The number of hydrogen-bond acceptors (Lipinski definition) is 3. The average Bonchev–Trinajstić information content (AvgIpc) is 2.23. The molecule has 1 aromatic carbocycles. The second-order valence-electron chi connectivity index (χ2n) is 2.96. The Morgan fingerprint density at radius 2 is 1.94 bits per heavy atom. The highest BCUT2D eigenvalue weighted by Gasteiger charge is 1.98. The topological polar surface area (TPSA) is 43.4 Å². The van der Waals surface area contributed by atoms with Crippen molar-refractivity contribution in [2.75, 3.05) is 12.9 Å². The fraction of sp³-hybridized carbons (Fsp3) is 0.167. The van der Waals surface area contributed by atoms with E-state index < -0.39 is 10.1 Å². The van der Waals surface area contributed by atoms with Crippen LogP contribution in [0.2, 0.25) is 0 Å². The molecule has 0 fully saturated rings. The molecular weight excluding hydrogens is 224 g/mol. The van der Waals surface area contributed by atoms with Gasteiger partial charge in [0.15, 0.2) is 0 Å². The van der Waals surface area contributed by atoms with Gasteiger partial charge in [-0.25, -0.2) is 0 Å². The predicted octanol–water partition coefficient (Wildman–Crippen LogP) is 0.996. The number of hydrogen-bond donors (Lipinski definition) is 0. The van der Waals surface area contributed by atoms with Gasteiger partial charge >= 0.3 is 0 Å². The highest BCUT2D eigenvalue weighted by Crippen LogP contribution is 2.04. The first-order valence-corrected chi connectivity index (χ1v) is 6.23. The fourth-order valence-electron chi connectivity index (χ4n) is 0.986. The first kappa shape index (κ1) is 12.3. The lowest BCUT2D eigenvalue weighted by molar-refractivity contribution is 0.368. The van der Waals surface area contributed by atoms with Crippen LogP contribution in [-0.4, -0.2) is 21.3 Å². The summed E-state index contributed by atoms with van der Waals surface area (Å²) in [5, 5.41) is 0. The van der Waals surface area contributed by atoms with Crippen molar-refractivity contribution < 1.29 is 12.6 Å². The van der Waals surface area contributed by atoms with E-state index in [1.807, 2.05) is 12.1 Å². The molecular formula is C12H10O3S. The van der Waals surface area contributed by atoms with Gasteiger partial charge < -0.3 is 0 Å². The van der Waals surface area contributed by atoms with Crippen LogP contribution >= 0.6 is 0 Å². The second-order valence-corrected chi connectivity index (χ2v) is 4.60. The maximum atomic E-state index is 10.6. The second kappa shape index (κ2) is 5.37. The lowest BCUT2D eigenvalue weighted by Gasteiger charge is -1.95. The molecule has 4 heteroatoms. The van der Waals surface area contributed by atoms with E-state index in [0.717, 1.165) is 6.26 Å². The maximum Gasteiger partial charge on any atom is 0.265 e. The number of benzene rings is 1. The van der Waals surface area contributed by atoms with E-state index in [1.54, 1.807) is 12.1 Å². The van der Waals surface area contributed by atoms with E-state index in [-0.39, 0.29) is 6.61 Å². The molecule has 3 nitrogen and oxygen atoms in total. The quantitative estimate of drug-likeness (QED) is 0.566. The van der Waals surface area contributed by atoms with Crippen LogP contribution in [0.5, 0.6) is 0 Å². The Balaban J connectivity index is 2.75. The van der Waals surface area contributed by atoms with E-state index in [9.17, 15) is 8.42 Å². The maximum absolute atomic E-state index is 10.6. The molecule has 0 bridgehead atoms. The van der Waals surface area contributed by atoms with Gasteiger partial charge in [-0.3, -0.25) is 4.18 Å². The summed E-state index contributed by atoms with van der Waals surface area (Å²) in [4.78, 5) is 0. The summed E-state index contributed by atoms with van der Waals surface area (Å²) in [7, 11) is -3.44. The minimum Gasteiger partial charge on any atom is -0.257 e. The van der Waals surface area contributed by atoms with Crippen molar-refractivity contribution in [3.63, 3.8) is 0 Å². The summed E-state index contributed by atoms with van der Waals surface area (Å²) in [6.07, 6.45) is 6.26. The fourth-order valence-corrected chi connectivity index (χ4v) is 1.26. The molecule has 0 aliphatic rings. The Kier molecular flexibility index (Phi) is 4.13. The monoisotopic (exact) mass is 234 g/mol. The van der Waals surface area contributed by atoms with Crippen molar-refractivity contribution in [1.29, 1.82) is 0 Å². The van der Waals surface area contributed by atoms with Crippen LogP contribution in [-0.2, 0) is 14.3 Å².